The van der Waals surface area contributed by atoms with Crippen LogP contribution >= 0.6 is 0 Å². The lowest BCUT2D eigenvalue weighted by molar-refractivity contribution is -0.126. The van der Waals surface area contributed by atoms with Crippen molar-refractivity contribution in [3.8, 4) is 11.5 Å². The van der Waals surface area contributed by atoms with Crippen LogP contribution in [0, 0.1) is 0 Å². The molecule has 1 aromatic rings. The maximum atomic E-state index is 12.5. The number of carbonyl (C=O) groups excluding carboxylic acids is 1. The first-order valence-corrected chi connectivity index (χ1v) is 9.49. The second-order valence-corrected chi connectivity index (χ2v) is 6.96. The van der Waals surface area contributed by atoms with E-state index < -0.39 is 5.54 Å². The molecule has 0 heterocycles. The van der Waals surface area contributed by atoms with Crippen LogP contribution in [0.25, 0.3) is 0 Å². The van der Waals surface area contributed by atoms with Gasteiger partial charge >= 0.3 is 0 Å². The Hall–Kier alpha value is -1.75. The first-order chi connectivity index (χ1) is 12.0. The second kappa shape index (κ2) is 9.09. The highest BCUT2D eigenvalue weighted by Crippen LogP contribution is 2.32. The van der Waals surface area contributed by atoms with Gasteiger partial charge in [-0.1, -0.05) is 32.8 Å². The summed E-state index contributed by atoms with van der Waals surface area (Å²) in [5.74, 6) is 1.43. The fourth-order valence-corrected chi connectivity index (χ4v) is 3.11. The van der Waals surface area contributed by atoms with Gasteiger partial charge in [-0.15, -0.1) is 0 Å². The van der Waals surface area contributed by atoms with Gasteiger partial charge in [0.2, 0.25) is 5.91 Å². The molecule has 0 aromatic heterocycles. The summed E-state index contributed by atoms with van der Waals surface area (Å²) >= 11 is 0. The van der Waals surface area contributed by atoms with E-state index >= 15 is 0 Å². The van der Waals surface area contributed by atoms with Crippen molar-refractivity contribution in [3.05, 3.63) is 23.8 Å². The molecule has 1 aromatic carbocycles. The third kappa shape index (κ3) is 5.11. The molecule has 25 heavy (non-hydrogen) atoms. The first-order valence-electron chi connectivity index (χ1n) is 9.49. The van der Waals surface area contributed by atoms with Crippen LogP contribution in [0.3, 0.4) is 0 Å². The van der Waals surface area contributed by atoms with Crippen molar-refractivity contribution in [2.24, 2.45) is 5.73 Å². The summed E-state index contributed by atoms with van der Waals surface area (Å²) in [4.78, 5) is 12.5. The van der Waals surface area contributed by atoms with Gasteiger partial charge in [-0.25, -0.2) is 0 Å². The van der Waals surface area contributed by atoms with Crippen molar-refractivity contribution in [2.75, 3.05) is 13.2 Å². The molecule has 2 rings (SSSR count). The Kier molecular flexibility index (Phi) is 7.12. The predicted molar refractivity (Wildman–Crippen MR) is 100.0 cm³/mol. The molecule has 1 aliphatic carbocycles. The van der Waals surface area contributed by atoms with E-state index in [1.165, 1.54) is 0 Å². The van der Waals surface area contributed by atoms with Crippen LogP contribution in [0.15, 0.2) is 18.2 Å². The Labute approximate surface area is 151 Å². The third-order valence-electron chi connectivity index (χ3n) is 4.69. The van der Waals surface area contributed by atoms with Gasteiger partial charge in [0.25, 0.3) is 0 Å². The molecule has 1 amide bonds. The van der Waals surface area contributed by atoms with Gasteiger partial charge in [-0.05, 0) is 50.3 Å². The Bertz CT molecular complexity index is 568. The van der Waals surface area contributed by atoms with Crippen LogP contribution in [-0.2, 0) is 4.79 Å². The molecule has 3 N–H and O–H groups in total. The van der Waals surface area contributed by atoms with E-state index in [2.05, 4.69) is 19.2 Å². The minimum atomic E-state index is -0.708. The molecule has 140 valence electrons. The van der Waals surface area contributed by atoms with E-state index in [0.29, 0.717) is 13.2 Å². The molecule has 0 bridgehead atoms. The standard InChI is InChI=1S/C20H32N2O3/c1-4-12-24-17-9-8-16(14-18(17)25-13-5-2)15(3)22-19(23)20(21)10-6-7-11-20/h8-9,14-15H,4-7,10-13,21H2,1-3H3,(H,22,23). The number of hydrogen-bond donors (Lipinski definition) is 2. The van der Waals surface area contributed by atoms with Crippen LogP contribution in [0.1, 0.15) is 70.9 Å². The lowest BCUT2D eigenvalue weighted by Gasteiger charge is -2.25. The molecule has 1 saturated carbocycles. The number of carbonyl (C=O) groups is 1. The number of rotatable bonds is 9. The molecule has 0 saturated heterocycles. The number of amides is 1. The van der Waals surface area contributed by atoms with Gasteiger partial charge in [-0.3, -0.25) is 4.79 Å². The fraction of sp³-hybridized carbons (Fsp3) is 0.650. The number of hydrogen-bond acceptors (Lipinski definition) is 4. The van der Waals surface area contributed by atoms with E-state index in [9.17, 15) is 4.79 Å². The monoisotopic (exact) mass is 348 g/mol. The van der Waals surface area contributed by atoms with Crippen molar-refractivity contribution in [3.63, 3.8) is 0 Å². The Morgan fingerprint density at radius 3 is 2.36 bits per heavy atom. The summed E-state index contributed by atoms with van der Waals surface area (Å²) in [6, 6.07) is 5.74. The van der Waals surface area contributed by atoms with Crippen molar-refractivity contribution >= 4 is 5.91 Å². The largest absolute Gasteiger partial charge is 0.490 e. The molecule has 1 atom stereocenters. The van der Waals surface area contributed by atoms with Crippen molar-refractivity contribution < 1.29 is 14.3 Å². The Morgan fingerprint density at radius 1 is 1.16 bits per heavy atom. The van der Waals surface area contributed by atoms with Crippen LogP contribution in [0.5, 0.6) is 11.5 Å². The number of nitrogens with one attached hydrogen (secondary N) is 1. The SMILES string of the molecule is CCCOc1ccc(C(C)NC(=O)C2(N)CCCC2)cc1OCCC. The molecule has 1 aliphatic rings. The van der Waals surface area contributed by atoms with E-state index in [0.717, 1.165) is 55.6 Å². The molecule has 0 spiro atoms. The highest BCUT2D eigenvalue weighted by atomic mass is 16.5. The van der Waals surface area contributed by atoms with E-state index in [1.807, 2.05) is 25.1 Å². The summed E-state index contributed by atoms with van der Waals surface area (Å²) in [5, 5.41) is 3.06. The zero-order chi connectivity index (χ0) is 18.3. The van der Waals surface area contributed by atoms with E-state index in [-0.39, 0.29) is 11.9 Å². The van der Waals surface area contributed by atoms with Crippen LogP contribution < -0.4 is 20.5 Å². The number of nitrogens with two attached hydrogens (primary N) is 1. The van der Waals surface area contributed by atoms with Crippen LogP contribution in [0.4, 0.5) is 0 Å². The molecule has 0 aliphatic heterocycles. The second-order valence-electron chi connectivity index (χ2n) is 6.96. The average molecular weight is 348 g/mol. The zero-order valence-corrected chi connectivity index (χ0v) is 15.8. The molecular weight excluding hydrogens is 316 g/mol. The van der Waals surface area contributed by atoms with Gasteiger partial charge in [-0.2, -0.15) is 0 Å². The average Bonchev–Trinajstić information content (AvgIpc) is 3.06. The lowest BCUT2D eigenvalue weighted by Crippen LogP contribution is -2.52. The maximum Gasteiger partial charge on any atom is 0.240 e. The smallest absolute Gasteiger partial charge is 0.240 e. The molecule has 1 fully saturated rings. The molecule has 5 nitrogen and oxygen atoms in total. The van der Waals surface area contributed by atoms with E-state index in [4.69, 9.17) is 15.2 Å². The normalized spacial score (nSPS) is 17.1. The van der Waals surface area contributed by atoms with Gasteiger partial charge in [0.1, 0.15) is 0 Å². The van der Waals surface area contributed by atoms with Crippen LogP contribution in [0.2, 0.25) is 0 Å². The van der Waals surface area contributed by atoms with E-state index in [1.54, 1.807) is 0 Å². The number of benzene rings is 1. The summed E-state index contributed by atoms with van der Waals surface area (Å²) in [6.07, 6.45) is 5.45. The predicted octanol–water partition coefficient (Wildman–Crippen LogP) is 3.71. The topological polar surface area (TPSA) is 73.6 Å². The third-order valence-corrected chi connectivity index (χ3v) is 4.69. The Morgan fingerprint density at radius 2 is 1.76 bits per heavy atom. The van der Waals surface area contributed by atoms with Gasteiger partial charge in [0, 0.05) is 0 Å². The molecule has 1 unspecified atom stereocenters. The number of ether oxygens (including phenoxy) is 2. The van der Waals surface area contributed by atoms with Gasteiger partial charge in [0.05, 0.1) is 24.8 Å². The minimum absolute atomic E-state index is 0.0557. The van der Waals surface area contributed by atoms with Gasteiger partial charge in [0.15, 0.2) is 11.5 Å². The Balaban J connectivity index is 2.09. The van der Waals surface area contributed by atoms with Crippen LogP contribution in [-0.4, -0.2) is 24.7 Å². The summed E-state index contributed by atoms with van der Waals surface area (Å²) in [5.41, 5.74) is 6.53. The van der Waals surface area contributed by atoms with Gasteiger partial charge < -0.3 is 20.5 Å². The maximum absolute atomic E-state index is 12.5. The van der Waals surface area contributed by atoms with Crippen molar-refractivity contribution in [1.82, 2.24) is 5.32 Å². The summed E-state index contributed by atoms with van der Waals surface area (Å²) in [7, 11) is 0. The summed E-state index contributed by atoms with van der Waals surface area (Å²) in [6.45, 7) is 7.41. The highest BCUT2D eigenvalue weighted by Gasteiger charge is 2.37. The van der Waals surface area contributed by atoms with Crippen molar-refractivity contribution in [2.45, 2.75) is 70.9 Å². The fourth-order valence-electron chi connectivity index (χ4n) is 3.11. The molecule has 5 heteroatoms. The zero-order valence-electron chi connectivity index (χ0n) is 15.8. The highest BCUT2D eigenvalue weighted by molar-refractivity contribution is 5.86. The molecule has 0 radical (unpaired) electrons. The van der Waals surface area contributed by atoms with Crippen molar-refractivity contribution in [1.29, 1.82) is 0 Å². The summed E-state index contributed by atoms with van der Waals surface area (Å²) < 4.78 is 11.6. The quantitative estimate of drug-likeness (QED) is 0.713. The first kappa shape index (κ1) is 19.6. The molecular formula is C20H32N2O3. The minimum Gasteiger partial charge on any atom is -0.490 e. The lowest BCUT2D eigenvalue weighted by atomic mass is 9.97.